The standard InChI is InChI=1S/C18H23NO2/c1-4-19-16(15-10-6-5-9-14(15)2)13-21-18-12-8-7-11-17(18)20-3/h5-12,16,19H,4,13H2,1-3H3. The number of methoxy groups -OCH3 is 1. The lowest BCUT2D eigenvalue weighted by atomic mass is 10.0. The summed E-state index contributed by atoms with van der Waals surface area (Å²) in [5.41, 5.74) is 2.54. The third-order valence-corrected chi connectivity index (χ3v) is 3.49. The molecule has 21 heavy (non-hydrogen) atoms. The molecular formula is C18H23NO2. The van der Waals surface area contributed by atoms with E-state index in [-0.39, 0.29) is 6.04 Å². The maximum atomic E-state index is 5.96. The molecule has 0 saturated carbocycles. The van der Waals surface area contributed by atoms with Crippen LogP contribution < -0.4 is 14.8 Å². The summed E-state index contributed by atoms with van der Waals surface area (Å²) in [5.74, 6) is 1.54. The number of nitrogens with one attached hydrogen (secondary N) is 1. The van der Waals surface area contributed by atoms with E-state index in [1.807, 2.05) is 24.3 Å². The Morgan fingerprint density at radius 3 is 2.33 bits per heavy atom. The first-order valence-electron chi connectivity index (χ1n) is 7.31. The fourth-order valence-electron chi connectivity index (χ4n) is 2.39. The predicted molar refractivity (Wildman–Crippen MR) is 86.1 cm³/mol. The van der Waals surface area contributed by atoms with Gasteiger partial charge in [0, 0.05) is 0 Å². The molecule has 0 spiro atoms. The number of ether oxygens (including phenoxy) is 2. The second kappa shape index (κ2) is 7.70. The van der Waals surface area contributed by atoms with Gasteiger partial charge in [-0.15, -0.1) is 0 Å². The Kier molecular flexibility index (Phi) is 5.64. The van der Waals surface area contributed by atoms with Crippen molar-refractivity contribution in [3.05, 3.63) is 59.7 Å². The van der Waals surface area contributed by atoms with Gasteiger partial charge in [-0.3, -0.25) is 0 Å². The summed E-state index contributed by atoms with van der Waals surface area (Å²) in [7, 11) is 1.66. The largest absolute Gasteiger partial charge is 0.493 e. The number of hydrogen-bond acceptors (Lipinski definition) is 3. The van der Waals surface area contributed by atoms with Gasteiger partial charge in [-0.25, -0.2) is 0 Å². The molecule has 0 aliphatic heterocycles. The topological polar surface area (TPSA) is 30.5 Å². The Balaban J connectivity index is 2.12. The summed E-state index contributed by atoms with van der Waals surface area (Å²) in [6.07, 6.45) is 0. The minimum Gasteiger partial charge on any atom is -0.493 e. The molecule has 0 radical (unpaired) electrons. The number of aryl methyl sites for hydroxylation is 1. The molecule has 0 saturated heterocycles. The van der Waals surface area contributed by atoms with Gasteiger partial charge in [-0.05, 0) is 36.7 Å². The van der Waals surface area contributed by atoms with E-state index in [1.54, 1.807) is 7.11 Å². The van der Waals surface area contributed by atoms with Crippen molar-refractivity contribution in [1.82, 2.24) is 5.32 Å². The van der Waals surface area contributed by atoms with Crippen molar-refractivity contribution >= 4 is 0 Å². The monoisotopic (exact) mass is 285 g/mol. The van der Waals surface area contributed by atoms with E-state index in [9.17, 15) is 0 Å². The lowest BCUT2D eigenvalue weighted by Crippen LogP contribution is -2.27. The lowest BCUT2D eigenvalue weighted by molar-refractivity contribution is 0.254. The summed E-state index contributed by atoms with van der Waals surface area (Å²) in [5, 5.41) is 3.48. The minimum atomic E-state index is 0.168. The molecule has 1 unspecified atom stereocenters. The zero-order valence-corrected chi connectivity index (χ0v) is 12.9. The predicted octanol–water partition coefficient (Wildman–Crippen LogP) is 3.73. The Morgan fingerprint density at radius 2 is 1.67 bits per heavy atom. The van der Waals surface area contributed by atoms with Crippen molar-refractivity contribution < 1.29 is 9.47 Å². The second-order valence-electron chi connectivity index (χ2n) is 4.93. The van der Waals surface area contributed by atoms with Crippen LogP contribution in [0.5, 0.6) is 11.5 Å². The Labute approximate surface area is 126 Å². The van der Waals surface area contributed by atoms with E-state index in [4.69, 9.17) is 9.47 Å². The summed E-state index contributed by atoms with van der Waals surface area (Å²) in [4.78, 5) is 0. The summed E-state index contributed by atoms with van der Waals surface area (Å²) >= 11 is 0. The van der Waals surface area contributed by atoms with Crippen LogP contribution >= 0.6 is 0 Å². The SMILES string of the molecule is CCNC(COc1ccccc1OC)c1ccccc1C. The minimum absolute atomic E-state index is 0.168. The van der Waals surface area contributed by atoms with E-state index in [1.165, 1.54) is 11.1 Å². The van der Waals surface area contributed by atoms with Gasteiger partial charge >= 0.3 is 0 Å². The molecule has 2 aromatic carbocycles. The van der Waals surface area contributed by atoms with Gasteiger partial charge < -0.3 is 14.8 Å². The third-order valence-electron chi connectivity index (χ3n) is 3.49. The molecule has 1 atom stereocenters. The van der Waals surface area contributed by atoms with Crippen molar-refractivity contribution in [2.75, 3.05) is 20.3 Å². The molecule has 3 heteroatoms. The molecule has 2 rings (SSSR count). The van der Waals surface area contributed by atoms with Gasteiger partial charge in [0.1, 0.15) is 6.61 Å². The van der Waals surface area contributed by atoms with Crippen LogP contribution in [-0.4, -0.2) is 20.3 Å². The molecule has 0 aromatic heterocycles. The van der Waals surface area contributed by atoms with Crippen LogP contribution in [0.15, 0.2) is 48.5 Å². The fourth-order valence-corrected chi connectivity index (χ4v) is 2.39. The van der Waals surface area contributed by atoms with Crippen molar-refractivity contribution in [2.45, 2.75) is 19.9 Å². The highest BCUT2D eigenvalue weighted by Crippen LogP contribution is 2.27. The van der Waals surface area contributed by atoms with Crippen molar-refractivity contribution in [3.63, 3.8) is 0 Å². The summed E-state index contributed by atoms with van der Waals surface area (Å²) in [6.45, 7) is 5.70. The zero-order valence-electron chi connectivity index (χ0n) is 12.9. The maximum Gasteiger partial charge on any atom is 0.161 e. The van der Waals surface area contributed by atoms with Crippen molar-refractivity contribution in [2.24, 2.45) is 0 Å². The van der Waals surface area contributed by atoms with Crippen LogP contribution in [0.25, 0.3) is 0 Å². The Hall–Kier alpha value is -2.00. The number of likely N-dealkylation sites (N-methyl/N-ethyl adjacent to an activating group) is 1. The van der Waals surface area contributed by atoms with Crippen LogP contribution in [-0.2, 0) is 0 Å². The van der Waals surface area contributed by atoms with E-state index in [2.05, 4.69) is 43.4 Å². The molecule has 0 amide bonds. The van der Waals surface area contributed by atoms with E-state index >= 15 is 0 Å². The van der Waals surface area contributed by atoms with E-state index < -0.39 is 0 Å². The summed E-state index contributed by atoms with van der Waals surface area (Å²) < 4.78 is 11.3. The highest BCUT2D eigenvalue weighted by atomic mass is 16.5. The molecule has 0 aliphatic carbocycles. The molecule has 2 aromatic rings. The Bertz CT molecular complexity index is 569. The molecule has 0 aliphatic rings. The molecular weight excluding hydrogens is 262 g/mol. The van der Waals surface area contributed by atoms with Gasteiger partial charge in [0.2, 0.25) is 0 Å². The Morgan fingerprint density at radius 1 is 1.00 bits per heavy atom. The van der Waals surface area contributed by atoms with Crippen LogP contribution in [0, 0.1) is 6.92 Å². The quantitative estimate of drug-likeness (QED) is 0.840. The van der Waals surface area contributed by atoms with Gasteiger partial charge in [0.05, 0.1) is 13.2 Å². The second-order valence-corrected chi connectivity index (χ2v) is 4.93. The van der Waals surface area contributed by atoms with Gasteiger partial charge in [0.15, 0.2) is 11.5 Å². The zero-order chi connectivity index (χ0) is 15.1. The van der Waals surface area contributed by atoms with E-state index in [0.29, 0.717) is 6.61 Å². The molecule has 0 fully saturated rings. The number of benzene rings is 2. The normalized spacial score (nSPS) is 12.0. The van der Waals surface area contributed by atoms with Crippen LogP contribution in [0.2, 0.25) is 0 Å². The fraction of sp³-hybridized carbons (Fsp3) is 0.333. The highest BCUT2D eigenvalue weighted by molar-refractivity contribution is 5.39. The molecule has 0 heterocycles. The molecule has 112 valence electrons. The van der Waals surface area contributed by atoms with Crippen molar-refractivity contribution in [1.29, 1.82) is 0 Å². The highest BCUT2D eigenvalue weighted by Gasteiger charge is 2.14. The first-order valence-corrected chi connectivity index (χ1v) is 7.31. The first-order chi connectivity index (χ1) is 10.3. The summed E-state index contributed by atoms with van der Waals surface area (Å²) in [6, 6.07) is 16.3. The molecule has 0 bridgehead atoms. The maximum absolute atomic E-state index is 5.96. The smallest absolute Gasteiger partial charge is 0.161 e. The average Bonchev–Trinajstić information content (AvgIpc) is 2.52. The van der Waals surface area contributed by atoms with Crippen LogP contribution in [0.3, 0.4) is 0 Å². The van der Waals surface area contributed by atoms with Crippen molar-refractivity contribution in [3.8, 4) is 11.5 Å². The molecule has 3 nitrogen and oxygen atoms in total. The van der Waals surface area contributed by atoms with Gasteiger partial charge in [-0.2, -0.15) is 0 Å². The van der Waals surface area contributed by atoms with Crippen LogP contribution in [0.4, 0.5) is 0 Å². The third kappa shape index (κ3) is 3.99. The van der Waals surface area contributed by atoms with Crippen LogP contribution in [0.1, 0.15) is 24.1 Å². The molecule has 1 N–H and O–H groups in total. The lowest BCUT2D eigenvalue weighted by Gasteiger charge is -2.21. The van der Waals surface area contributed by atoms with E-state index in [0.717, 1.165) is 18.0 Å². The number of hydrogen-bond donors (Lipinski definition) is 1. The number of rotatable bonds is 7. The van der Waals surface area contributed by atoms with Gasteiger partial charge in [-0.1, -0.05) is 43.3 Å². The number of para-hydroxylation sites is 2. The average molecular weight is 285 g/mol. The first kappa shape index (κ1) is 15.4. The van der Waals surface area contributed by atoms with Gasteiger partial charge in [0.25, 0.3) is 0 Å².